The molecule has 0 saturated carbocycles. The lowest BCUT2D eigenvalue weighted by Crippen LogP contribution is -1.96. The number of hydrogen-bond donors (Lipinski definition) is 2. The molecule has 0 atom stereocenters. The molecule has 6 nitrogen and oxygen atoms in total. The third-order valence-corrected chi connectivity index (χ3v) is 3.43. The first-order valence-electron chi connectivity index (χ1n) is 5.82. The van der Waals surface area contributed by atoms with E-state index in [1.807, 2.05) is 6.07 Å². The fraction of sp³-hybridized carbons (Fsp3) is 0.0833. The summed E-state index contributed by atoms with van der Waals surface area (Å²) in [5.41, 5.74) is 6.98. The minimum atomic E-state index is -0.287. The Labute approximate surface area is 118 Å². The van der Waals surface area contributed by atoms with Gasteiger partial charge in [-0.15, -0.1) is 5.10 Å². The van der Waals surface area contributed by atoms with Crippen LogP contribution in [0.5, 0.6) is 0 Å². The van der Waals surface area contributed by atoms with Gasteiger partial charge in [0.15, 0.2) is 0 Å². The van der Waals surface area contributed by atoms with Crippen LogP contribution in [0.25, 0.3) is 5.69 Å². The Morgan fingerprint density at radius 2 is 2.25 bits per heavy atom. The van der Waals surface area contributed by atoms with Gasteiger partial charge in [-0.05, 0) is 24.3 Å². The van der Waals surface area contributed by atoms with Crippen LogP contribution < -0.4 is 5.73 Å². The van der Waals surface area contributed by atoms with Crippen LogP contribution in [0.3, 0.4) is 0 Å². The van der Waals surface area contributed by atoms with E-state index in [0.717, 1.165) is 5.69 Å². The molecule has 1 aromatic carbocycles. The molecule has 0 aliphatic heterocycles. The highest BCUT2D eigenvalue weighted by atomic mass is 32.2. The van der Waals surface area contributed by atoms with Gasteiger partial charge in [-0.2, -0.15) is 10.1 Å². The molecule has 102 valence electrons. The Morgan fingerprint density at radius 1 is 1.35 bits per heavy atom. The lowest BCUT2D eigenvalue weighted by molar-refractivity contribution is 0.625. The van der Waals surface area contributed by atoms with E-state index in [1.54, 1.807) is 23.0 Å². The molecule has 0 spiro atoms. The van der Waals surface area contributed by atoms with Crippen molar-refractivity contribution >= 4 is 17.7 Å². The maximum atomic E-state index is 13.2. The number of H-pyrrole nitrogens is 1. The average Bonchev–Trinajstić information content (AvgIpc) is 3.05. The van der Waals surface area contributed by atoms with E-state index in [1.165, 1.54) is 23.9 Å². The summed E-state index contributed by atoms with van der Waals surface area (Å²) in [5.74, 6) is 0.613. The van der Waals surface area contributed by atoms with Crippen LogP contribution in [0, 0.1) is 5.82 Å². The van der Waals surface area contributed by atoms with Crippen LogP contribution in [0.4, 0.5) is 10.3 Å². The molecular formula is C12H11FN6S. The predicted octanol–water partition coefficient (Wildman–Crippen LogP) is 2.00. The number of aromatic nitrogens is 5. The van der Waals surface area contributed by atoms with E-state index in [2.05, 4.69) is 20.3 Å². The molecule has 0 aliphatic rings. The quantitative estimate of drug-likeness (QED) is 0.718. The first kappa shape index (κ1) is 12.7. The van der Waals surface area contributed by atoms with E-state index in [9.17, 15) is 4.39 Å². The third-order valence-electron chi connectivity index (χ3n) is 2.55. The van der Waals surface area contributed by atoms with Gasteiger partial charge < -0.3 is 5.73 Å². The molecular weight excluding hydrogens is 279 g/mol. The molecule has 0 fully saturated rings. The Bertz CT molecular complexity index is 722. The predicted molar refractivity (Wildman–Crippen MR) is 73.9 cm³/mol. The van der Waals surface area contributed by atoms with Crippen molar-refractivity contribution in [3.8, 4) is 5.69 Å². The summed E-state index contributed by atoms with van der Waals surface area (Å²) in [4.78, 5) is 3.99. The SMILES string of the molecule is Nc1nc(SCc2ccn(-c3cccc(F)c3)n2)n[nH]1. The molecule has 2 heterocycles. The van der Waals surface area contributed by atoms with Gasteiger partial charge in [0.2, 0.25) is 11.1 Å². The molecule has 20 heavy (non-hydrogen) atoms. The maximum Gasteiger partial charge on any atom is 0.216 e. The summed E-state index contributed by atoms with van der Waals surface area (Å²) >= 11 is 1.42. The maximum absolute atomic E-state index is 13.2. The first-order valence-corrected chi connectivity index (χ1v) is 6.80. The molecule has 0 bridgehead atoms. The summed E-state index contributed by atoms with van der Waals surface area (Å²) < 4.78 is 14.8. The summed E-state index contributed by atoms with van der Waals surface area (Å²) in [6, 6.07) is 8.14. The molecule has 3 aromatic rings. The van der Waals surface area contributed by atoms with Crippen molar-refractivity contribution in [1.82, 2.24) is 25.0 Å². The van der Waals surface area contributed by atoms with Crippen molar-refractivity contribution < 1.29 is 4.39 Å². The number of nitrogen functional groups attached to an aromatic ring is 1. The van der Waals surface area contributed by atoms with Gasteiger partial charge in [0.05, 0.1) is 11.4 Å². The monoisotopic (exact) mass is 290 g/mol. The number of thioether (sulfide) groups is 1. The van der Waals surface area contributed by atoms with Crippen molar-refractivity contribution in [3.63, 3.8) is 0 Å². The van der Waals surface area contributed by atoms with Gasteiger partial charge in [-0.3, -0.25) is 0 Å². The van der Waals surface area contributed by atoms with Gasteiger partial charge in [-0.25, -0.2) is 14.2 Å². The Kier molecular flexibility index (Phi) is 3.38. The second-order valence-corrected chi connectivity index (χ2v) is 4.97. The van der Waals surface area contributed by atoms with Crippen molar-refractivity contribution in [2.45, 2.75) is 10.9 Å². The van der Waals surface area contributed by atoms with Crippen LogP contribution in [0.2, 0.25) is 0 Å². The average molecular weight is 290 g/mol. The number of aromatic amines is 1. The van der Waals surface area contributed by atoms with E-state index in [-0.39, 0.29) is 11.8 Å². The molecule has 8 heteroatoms. The number of nitrogens with one attached hydrogen (secondary N) is 1. The summed E-state index contributed by atoms with van der Waals surface area (Å²) in [5, 5.41) is 11.4. The molecule has 0 amide bonds. The Morgan fingerprint density at radius 3 is 3.00 bits per heavy atom. The zero-order valence-electron chi connectivity index (χ0n) is 10.3. The molecule has 0 aliphatic carbocycles. The van der Waals surface area contributed by atoms with Crippen molar-refractivity contribution in [3.05, 3.63) is 48.0 Å². The van der Waals surface area contributed by atoms with E-state index in [4.69, 9.17) is 5.73 Å². The largest absolute Gasteiger partial charge is 0.368 e. The normalized spacial score (nSPS) is 10.8. The molecule has 0 unspecified atom stereocenters. The smallest absolute Gasteiger partial charge is 0.216 e. The molecule has 0 saturated heterocycles. The second kappa shape index (κ2) is 5.33. The number of nitrogens with zero attached hydrogens (tertiary/aromatic N) is 4. The molecule has 2 aromatic heterocycles. The second-order valence-electron chi connectivity index (χ2n) is 4.02. The van der Waals surface area contributed by atoms with Gasteiger partial charge in [0.25, 0.3) is 0 Å². The van der Waals surface area contributed by atoms with Gasteiger partial charge in [-0.1, -0.05) is 17.8 Å². The van der Waals surface area contributed by atoms with E-state index >= 15 is 0 Å². The highest BCUT2D eigenvalue weighted by molar-refractivity contribution is 7.98. The summed E-state index contributed by atoms with van der Waals surface area (Å²) in [6.07, 6.45) is 1.79. The molecule has 3 rings (SSSR count). The van der Waals surface area contributed by atoms with E-state index in [0.29, 0.717) is 16.6 Å². The van der Waals surface area contributed by atoms with Crippen molar-refractivity contribution in [2.24, 2.45) is 0 Å². The minimum absolute atomic E-state index is 0.287. The van der Waals surface area contributed by atoms with Gasteiger partial charge in [0, 0.05) is 11.9 Å². The fourth-order valence-corrected chi connectivity index (χ4v) is 2.37. The molecule has 3 N–H and O–H groups in total. The fourth-order valence-electron chi connectivity index (χ4n) is 1.66. The lowest BCUT2D eigenvalue weighted by atomic mass is 10.3. The molecule has 0 radical (unpaired) electrons. The summed E-state index contributed by atoms with van der Waals surface area (Å²) in [7, 11) is 0. The standard InChI is InChI=1S/C12H11FN6S/c13-8-2-1-3-10(6-8)19-5-4-9(18-19)7-20-12-15-11(14)16-17-12/h1-6H,7H2,(H3,14,15,16,17). The summed E-state index contributed by atoms with van der Waals surface area (Å²) in [6.45, 7) is 0. The van der Waals surface area contributed by atoms with Crippen LogP contribution in [0.15, 0.2) is 41.7 Å². The number of anilines is 1. The van der Waals surface area contributed by atoms with Crippen LogP contribution >= 0.6 is 11.8 Å². The lowest BCUT2D eigenvalue weighted by Gasteiger charge is -2.00. The highest BCUT2D eigenvalue weighted by Gasteiger charge is 2.05. The number of nitrogens with two attached hydrogens (primary N) is 1. The zero-order valence-corrected chi connectivity index (χ0v) is 11.1. The topological polar surface area (TPSA) is 85.4 Å². The van der Waals surface area contributed by atoms with Gasteiger partial charge in [0.1, 0.15) is 5.82 Å². The Balaban J connectivity index is 1.70. The third kappa shape index (κ3) is 2.80. The number of rotatable bonds is 4. The van der Waals surface area contributed by atoms with Crippen molar-refractivity contribution in [2.75, 3.05) is 5.73 Å². The number of hydrogen-bond acceptors (Lipinski definition) is 5. The zero-order chi connectivity index (χ0) is 13.9. The number of halogens is 1. The number of benzene rings is 1. The van der Waals surface area contributed by atoms with Crippen LogP contribution in [-0.2, 0) is 5.75 Å². The van der Waals surface area contributed by atoms with Crippen molar-refractivity contribution in [1.29, 1.82) is 0 Å². The first-order chi connectivity index (χ1) is 9.70. The minimum Gasteiger partial charge on any atom is -0.368 e. The van der Waals surface area contributed by atoms with Crippen LogP contribution in [0.1, 0.15) is 5.69 Å². The van der Waals surface area contributed by atoms with Gasteiger partial charge >= 0.3 is 0 Å². The van der Waals surface area contributed by atoms with E-state index < -0.39 is 0 Å². The Hall–Kier alpha value is -2.35. The van der Waals surface area contributed by atoms with Crippen LogP contribution in [-0.4, -0.2) is 25.0 Å². The highest BCUT2D eigenvalue weighted by Crippen LogP contribution is 2.19.